The number of hydrogen-bond acceptors (Lipinski definition) is 2. The number of rotatable bonds is 7. The van der Waals surface area contributed by atoms with Crippen molar-refractivity contribution in [3.05, 3.63) is 94.5 Å². The molecule has 1 atom stereocenters. The standard InChI is InChI=1S/C24H22ClFO3/c1-16(2)24(26,23(27)28)19-12-13-21(25)18(15-19)14-17-8-6-7-11-22(17)29-20-9-4-3-5-10-20/h3-13,15-16H,14H2,1-2H3,(H,27,28). The molecular weight excluding hydrogens is 391 g/mol. The van der Waals surface area contributed by atoms with Gasteiger partial charge in [0.15, 0.2) is 0 Å². The zero-order valence-corrected chi connectivity index (χ0v) is 17.0. The van der Waals surface area contributed by atoms with E-state index in [9.17, 15) is 9.90 Å². The first-order valence-electron chi connectivity index (χ1n) is 9.34. The van der Waals surface area contributed by atoms with E-state index < -0.39 is 17.6 Å². The summed E-state index contributed by atoms with van der Waals surface area (Å²) < 4.78 is 21.3. The predicted octanol–water partition coefficient (Wildman–Crippen LogP) is 6.63. The highest BCUT2D eigenvalue weighted by Crippen LogP contribution is 2.37. The normalized spacial score (nSPS) is 13.1. The third-order valence-corrected chi connectivity index (χ3v) is 5.27. The SMILES string of the molecule is CC(C)C(F)(C(=O)O)c1ccc(Cl)c(Cc2ccccc2Oc2ccccc2)c1. The third kappa shape index (κ3) is 4.43. The van der Waals surface area contributed by atoms with Crippen LogP contribution >= 0.6 is 11.6 Å². The Labute approximate surface area is 174 Å². The molecule has 0 radical (unpaired) electrons. The van der Waals surface area contributed by atoms with E-state index >= 15 is 4.39 Å². The van der Waals surface area contributed by atoms with Gasteiger partial charge in [0, 0.05) is 22.9 Å². The maximum atomic E-state index is 15.3. The van der Waals surface area contributed by atoms with Crippen molar-refractivity contribution in [1.29, 1.82) is 0 Å². The Morgan fingerprint density at radius 1 is 1.03 bits per heavy atom. The molecule has 1 N–H and O–H groups in total. The van der Waals surface area contributed by atoms with Crippen LogP contribution in [0.2, 0.25) is 5.02 Å². The Hall–Kier alpha value is -2.85. The van der Waals surface area contributed by atoms with Crippen LogP contribution in [0.1, 0.15) is 30.5 Å². The minimum Gasteiger partial charge on any atom is -0.479 e. The average molecular weight is 413 g/mol. The molecular formula is C24H22ClFO3. The minimum absolute atomic E-state index is 0.0841. The number of benzene rings is 3. The maximum Gasteiger partial charge on any atom is 0.346 e. The van der Waals surface area contributed by atoms with Gasteiger partial charge in [-0.1, -0.05) is 74.0 Å². The Bertz CT molecular complexity index is 1000. The van der Waals surface area contributed by atoms with Crippen molar-refractivity contribution in [1.82, 2.24) is 0 Å². The first-order chi connectivity index (χ1) is 13.8. The van der Waals surface area contributed by atoms with Gasteiger partial charge in [-0.2, -0.15) is 0 Å². The summed E-state index contributed by atoms with van der Waals surface area (Å²) in [6.07, 6.45) is 0.378. The molecule has 0 aliphatic heterocycles. The fraction of sp³-hybridized carbons (Fsp3) is 0.208. The molecule has 0 heterocycles. The Morgan fingerprint density at radius 2 is 1.69 bits per heavy atom. The molecule has 0 aromatic heterocycles. The van der Waals surface area contributed by atoms with E-state index in [0.29, 0.717) is 28.5 Å². The molecule has 3 rings (SSSR count). The Morgan fingerprint density at radius 3 is 2.34 bits per heavy atom. The number of alkyl halides is 1. The quantitative estimate of drug-likeness (QED) is 0.473. The van der Waals surface area contributed by atoms with E-state index in [-0.39, 0.29) is 5.56 Å². The van der Waals surface area contributed by atoms with Crippen LogP contribution in [0, 0.1) is 5.92 Å². The number of carboxylic acids is 1. The van der Waals surface area contributed by atoms with Gasteiger partial charge in [-0.25, -0.2) is 9.18 Å². The summed E-state index contributed by atoms with van der Waals surface area (Å²) in [4.78, 5) is 11.6. The predicted molar refractivity (Wildman–Crippen MR) is 112 cm³/mol. The number of aliphatic carboxylic acids is 1. The van der Waals surface area contributed by atoms with Crippen molar-refractivity contribution in [2.24, 2.45) is 5.92 Å². The molecule has 0 saturated carbocycles. The van der Waals surface area contributed by atoms with Crippen LogP contribution in [-0.4, -0.2) is 11.1 Å². The molecule has 1 unspecified atom stereocenters. The lowest BCUT2D eigenvalue weighted by Gasteiger charge is -2.26. The first-order valence-corrected chi connectivity index (χ1v) is 9.72. The lowest BCUT2D eigenvalue weighted by atomic mass is 9.84. The van der Waals surface area contributed by atoms with Crippen molar-refractivity contribution in [3.8, 4) is 11.5 Å². The van der Waals surface area contributed by atoms with E-state index in [0.717, 1.165) is 5.56 Å². The first kappa shape index (κ1) is 20.9. The fourth-order valence-electron chi connectivity index (χ4n) is 3.21. The summed E-state index contributed by atoms with van der Waals surface area (Å²) in [6, 6.07) is 21.4. The maximum absolute atomic E-state index is 15.3. The van der Waals surface area contributed by atoms with Crippen LogP contribution in [0.3, 0.4) is 0 Å². The van der Waals surface area contributed by atoms with Gasteiger partial charge in [-0.05, 0) is 35.4 Å². The highest BCUT2D eigenvalue weighted by Gasteiger charge is 2.44. The molecule has 0 spiro atoms. The number of halogens is 2. The lowest BCUT2D eigenvalue weighted by Crippen LogP contribution is -2.36. The smallest absolute Gasteiger partial charge is 0.346 e. The number of hydrogen-bond donors (Lipinski definition) is 1. The van der Waals surface area contributed by atoms with Crippen LogP contribution in [0.25, 0.3) is 0 Å². The zero-order valence-electron chi connectivity index (χ0n) is 16.2. The third-order valence-electron chi connectivity index (χ3n) is 4.90. The molecule has 3 nitrogen and oxygen atoms in total. The number of para-hydroxylation sites is 2. The van der Waals surface area contributed by atoms with Gasteiger partial charge in [-0.15, -0.1) is 0 Å². The van der Waals surface area contributed by atoms with Crippen molar-refractivity contribution in [3.63, 3.8) is 0 Å². The largest absolute Gasteiger partial charge is 0.479 e. The molecule has 0 fully saturated rings. The van der Waals surface area contributed by atoms with Gasteiger partial charge in [-0.3, -0.25) is 0 Å². The van der Waals surface area contributed by atoms with Crippen molar-refractivity contribution >= 4 is 17.6 Å². The molecule has 29 heavy (non-hydrogen) atoms. The van der Waals surface area contributed by atoms with Crippen LogP contribution in [0.5, 0.6) is 11.5 Å². The Balaban J connectivity index is 1.96. The Kier molecular flexibility index (Phi) is 6.23. The highest BCUT2D eigenvalue weighted by atomic mass is 35.5. The molecule has 0 aliphatic carbocycles. The molecule has 3 aromatic rings. The van der Waals surface area contributed by atoms with E-state index in [1.54, 1.807) is 19.9 Å². The molecule has 3 aromatic carbocycles. The molecule has 0 bridgehead atoms. The lowest BCUT2D eigenvalue weighted by molar-refractivity contribution is -0.155. The number of carboxylic acid groups (broad SMARTS) is 1. The van der Waals surface area contributed by atoms with Gasteiger partial charge in [0.25, 0.3) is 0 Å². The summed E-state index contributed by atoms with van der Waals surface area (Å²) >= 11 is 6.36. The number of carbonyl (C=O) groups is 1. The summed E-state index contributed by atoms with van der Waals surface area (Å²) in [5.41, 5.74) is -0.905. The average Bonchev–Trinajstić information content (AvgIpc) is 2.71. The highest BCUT2D eigenvalue weighted by molar-refractivity contribution is 6.31. The van der Waals surface area contributed by atoms with E-state index in [1.165, 1.54) is 12.1 Å². The van der Waals surface area contributed by atoms with Crippen molar-refractivity contribution in [2.45, 2.75) is 25.9 Å². The number of ether oxygens (including phenoxy) is 1. The van der Waals surface area contributed by atoms with Crippen LogP contribution in [-0.2, 0) is 16.9 Å². The molecule has 0 saturated heterocycles. The van der Waals surface area contributed by atoms with Gasteiger partial charge < -0.3 is 9.84 Å². The second kappa shape index (κ2) is 8.66. The second-order valence-electron chi connectivity index (χ2n) is 7.18. The summed E-state index contributed by atoms with van der Waals surface area (Å²) in [5, 5.41) is 9.93. The zero-order chi connectivity index (χ0) is 21.0. The summed E-state index contributed by atoms with van der Waals surface area (Å²) in [5.74, 6) is -0.877. The minimum atomic E-state index is -2.49. The van der Waals surface area contributed by atoms with E-state index in [4.69, 9.17) is 16.3 Å². The van der Waals surface area contributed by atoms with Crippen LogP contribution in [0.15, 0.2) is 72.8 Å². The van der Waals surface area contributed by atoms with Gasteiger partial charge in [0.05, 0.1) is 0 Å². The van der Waals surface area contributed by atoms with Gasteiger partial charge in [0.2, 0.25) is 5.67 Å². The van der Waals surface area contributed by atoms with Crippen LogP contribution < -0.4 is 4.74 Å². The molecule has 5 heteroatoms. The van der Waals surface area contributed by atoms with Gasteiger partial charge in [0.1, 0.15) is 11.5 Å². The van der Waals surface area contributed by atoms with Crippen molar-refractivity contribution < 1.29 is 19.0 Å². The van der Waals surface area contributed by atoms with E-state index in [1.807, 2.05) is 54.6 Å². The molecule has 150 valence electrons. The van der Waals surface area contributed by atoms with Crippen LogP contribution in [0.4, 0.5) is 4.39 Å². The second-order valence-corrected chi connectivity index (χ2v) is 7.58. The molecule has 0 amide bonds. The molecule has 0 aliphatic rings. The van der Waals surface area contributed by atoms with E-state index in [2.05, 4.69) is 0 Å². The summed E-state index contributed by atoms with van der Waals surface area (Å²) in [7, 11) is 0. The van der Waals surface area contributed by atoms with Gasteiger partial charge >= 0.3 is 5.97 Å². The fourth-order valence-corrected chi connectivity index (χ4v) is 3.39. The van der Waals surface area contributed by atoms with Crippen molar-refractivity contribution in [2.75, 3.05) is 0 Å². The monoisotopic (exact) mass is 412 g/mol. The summed E-state index contributed by atoms with van der Waals surface area (Å²) in [6.45, 7) is 3.09. The topological polar surface area (TPSA) is 46.5 Å².